The van der Waals surface area contributed by atoms with Crippen LogP contribution in [-0.2, 0) is 0 Å². The number of halogens is 1. The van der Waals surface area contributed by atoms with Gasteiger partial charge >= 0.3 is 5.63 Å². The molecule has 3 aromatic carbocycles. The van der Waals surface area contributed by atoms with E-state index in [0.29, 0.717) is 11.1 Å². The second kappa shape index (κ2) is 6.54. The summed E-state index contributed by atoms with van der Waals surface area (Å²) in [5.74, 6) is -0.266. The lowest BCUT2D eigenvalue weighted by Crippen LogP contribution is -2.22. The number of benzene rings is 3. The third-order valence-corrected chi connectivity index (χ3v) is 6.24. The van der Waals surface area contributed by atoms with Crippen LogP contribution < -0.4 is 10.9 Å². The van der Waals surface area contributed by atoms with Crippen molar-refractivity contribution in [1.82, 2.24) is 4.98 Å². The number of nitrogens with one attached hydrogen (secondary N) is 1. The lowest BCUT2D eigenvalue weighted by Gasteiger charge is -2.30. The topological polar surface area (TPSA) is 55.1 Å². The molecule has 5 aromatic rings. The van der Waals surface area contributed by atoms with Gasteiger partial charge < -0.3 is 9.73 Å². The van der Waals surface area contributed by atoms with Crippen molar-refractivity contribution in [2.24, 2.45) is 0 Å². The van der Waals surface area contributed by atoms with Crippen LogP contribution in [0.3, 0.4) is 0 Å². The Morgan fingerprint density at radius 1 is 0.867 bits per heavy atom. The number of para-hydroxylation sites is 1. The first kappa shape index (κ1) is 17.4. The zero-order valence-corrected chi connectivity index (χ0v) is 17.3. The van der Waals surface area contributed by atoms with Gasteiger partial charge in [-0.05, 0) is 53.6 Å². The summed E-state index contributed by atoms with van der Waals surface area (Å²) in [6, 6.07) is 23.8. The molecule has 0 aliphatic carbocycles. The molecule has 6 rings (SSSR count). The van der Waals surface area contributed by atoms with Crippen LogP contribution in [0.25, 0.3) is 21.9 Å². The van der Waals surface area contributed by atoms with Crippen LogP contribution in [0.5, 0.6) is 0 Å². The highest BCUT2D eigenvalue weighted by molar-refractivity contribution is 9.10. The van der Waals surface area contributed by atoms with Crippen LogP contribution in [0, 0.1) is 0 Å². The first-order chi connectivity index (χ1) is 14.7. The number of anilines is 2. The van der Waals surface area contributed by atoms with Gasteiger partial charge in [0.25, 0.3) is 0 Å². The lowest BCUT2D eigenvalue weighted by atomic mass is 9.79. The van der Waals surface area contributed by atoms with Gasteiger partial charge in [-0.25, -0.2) is 4.79 Å². The number of pyridine rings is 1. The highest BCUT2D eigenvalue weighted by atomic mass is 79.9. The summed E-state index contributed by atoms with van der Waals surface area (Å²) in [7, 11) is 0. The third-order valence-electron chi connectivity index (χ3n) is 5.72. The van der Waals surface area contributed by atoms with E-state index in [1.807, 2.05) is 54.6 Å². The molecule has 1 aliphatic heterocycles. The highest BCUT2D eigenvalue weighted by Gasteiger charge is 2.33. The second-order valence-electron chi connectivity index (χ2n) is 7.38. The molecule has 5 heteroatoms. The van der Waals surface area contributed by atoms with Crippen molar-refractivity contribution in [2.75, 3.05) is 5.32 Å². The van der Waals surface area contributed by atoms with Crippen LogP contribution in [0.1, 0.15) is 22.6 Å². The van der Waals surface area contributed by atoms with Gasteiger partial charge in [0.15, 0.2) is 0 Å². The van der Waals surface area contributed by atoms with Crippen molar-refractivity contribution in [3.05, 3.63) is 111 Å². The first-order valence-electron chi connectivity index (χ1n) is 9.66. The summed E-state index contributed by atoms with van der Waals surface area (Å²) >= 11 is 3.52. The molecule has 0 amide bonds. The molecule has 0 bridgehead atoms. The van der Waals surface area contributed by atoms with Gasteiger partial charge in [-0.2, -0.15) is 0 Å². The molecule has 144 valence electrons. The Morgan fingerprint density at radius 2 is 1.67 bits per heavy atom. The van der Waals surface area contributed by atoms with Crippen LogP contribution in [-0.4, -0.2) is 4.98 Å². The summed E-state index contributed by atoms with van der Waals surface area (Å²) in [5, 5.41) is 5.45. The predicted octanol–water partition coefficient (Wildman–Crippen LogP) is 6.34. The Balaban J connectivity index is 1.76. The Morgan fingerprint density at radius 3 is 2.53 bits per heavy atom. The maximum Gasteiger partial charge on any atom is 0.342 e. The minimum absolute atomic E-state index is 0.266. The number of fused-ring (bicyclic) bond motifs is 6. The number of aromatic nitrogens is 1. The molecule has 4 nitrogen and oxygen atoms in total. The average Bonchev–Trinajstić information content (AvgIpc) is 2.78. The molecule has 3 heterocycles. The standard InChI is InChI=1S/C25H15BrN2O2/c26-15-9-7-14(8-10-15)21-22-16-5-3-13-27-18(16)11-12-19(22)28-24-17-4-1-2-6-20(17)30-25(29)23(21)24/h1-13,21,28H. The number of rotatable bonds is 1. The Hall–Kier alpha value is -3.44. The maximum atomic E-state index is 13.2. The van der Waals surface area contributed by atoms with Gasteiger partial charge in [0.1, 0.15) is 5.58 Å². The summed E-state index contributed by atoms with van der Waals surface area (Å²) in [6.07, 6.45) is 1.79. The van der Waals surface area contributed by atoms with Crippen molar-refractivity contribution < 1.29 is 4.42 Å². The molecule has 1 atom stereocenters. The minimum atomic E-state index is -0.323. The number of hydrogen-bond donors (Lipinski definition) is 1. The van der Waals surface area contributed by atoms with E-state index in [-0.39, 0.29) is 11.5 Å². The number of nitrogens with zero attached hydrogens (tertiary/aromatic N) is 1. The van der Waals surface area contributed by atoms with E-state index in [4.69, 9.17) is 4.42 Å². The fraction of sp³-hybridized carbons (Fsp3) is 0.0400. The van der Waals surface area contributed by atoms with E-state index in [9.17, 15) is 4.79 Å². The third kappa shape index (κ3) is 2.52. The molecule has 0 radical (unpaired) electrons. The predicted molar refractivity (Wildman–Crippen MR) is 123 cm³/mol. The molecule has 0 saturated carbocycles. The zero-order valence-electron chi connectivity index (χ0n) is 15.7. The lowest BCUT2D eigenvalue weighted by molar-refractivity contribution is 0.549. The quantitative estimate of drug-likeness (QED) is 0.294. The van der Waals surface area contributed by atoms with Crippen LogP contribution in [0.2, 0.25) is 0 Å². The van der Waals surface area contributed by atoms with E-state index in [1.165, 1.54) is 0 Å². The molecular weight excluding hydrogens is 440 g/mol. The fourth-order valence-electron chi connectivity index (χ4n) is 4.42. The number of hydrogen-bond acceptors (Lipinski definition) is 4. The molecule has 0 saturated heterocycles. The molecule has 1 aliphatic rings. The van der Waals surface area contributed by atoms with Gasteiger partial charge in [-0.1, -0.05) is 46.3 Å². The van der Waals surface area contributed by atoms with E-state index in [0.717, 1.165) is 43.3 Å². The van der Waals surface area contributed by atoms with Gasteiger partial charge in [-0.3, -0.25) is 4.98 Å². The normalized spacial score (nSPS) is 14.9. The molecule has 2 aromatic heterocycles. The van der Waals surface area contributed by atoms with E-state index in [2.05, 4.69) is 44.4 Å². The molecule has 1 N–H and O–H groups in total. The van der Waals surface area contributed by atoms with E-state index >= 15 is 0 Å². The fourth-order valence-corrected chi connectivity index (χ4v) is 4.69. The largest absolute Gasteiger partial charge is 0.422 e. The first-order valence-corrected chi connectivity index (χ1v) is 10.5. The SMILES string of the molecule is O=c1oc2ccccc2c2c1C(c1ccc(Br)cc1)c1c(ccc3ncccc13)N2. The molecule has 30 heavy (non-hydrogen) atoms. The van der Waals surface area contributed by atoms with Crippen LogP contribution in [0.4, 0.5) is 11.4 Å². The van der Waals surface area contributed by atoms with Crippen molar-refractivity contribution in [2.45, 2.75) is 5.92 Å². The van der Waals surface area contributed by atoms with Crippen LogP contribution >= 0.6 is 15.9 Å². The molecule has 1 unspecified atom stereocenters. The second-order valence-corrected chi connectivity index (χ2v) is 8.30. The van der Waals surface area contributed by atoms with Crippen molar-refractivity contribution in [3.8, 4) is 0 Å². The highest BCUT2D eigenvalue weighted by Crippen LogP contribution is 2.48. The summed E-state index contributed by atoms with van der Waals surface area (Å²) in [4.78, 5) is 17.8. The van der Waals surface area contributed by atoms with Gasteiger partial charge in [-0.15, -0.1) is 0 Å². The Labute approximate surface area is 180 Å². The Kier molecular flexibility index (Phi) is 3.80. The molecule has 0 fully saturated rings. The van der Waals surface area contributed by atoms with Gasteiger partial charge in [0.05, 0.1) is 16.8 Å². The van der Waals surface area contributed by atoms with Gasteiger partial charge in [0.2, 0.25) is 0 Å². The minimum Gasteiger partial charge on any atom is -0.422 e. The van der Waals surface area contributed by atoms with E-state index in [1.54, 1.807) is 6.20 Å². The smallest absolute Gasteiger partial charge is 0.342 e. The summed E-state index contributed by atoms with van der Waals surface area (Å²) in [6.45, 7) is 0. The van der Waals surface area contributed by atoms with Gasteiger partial charge in [0, 0.05) is 33.0 Å². The van der Waals surface area contributed by atoms with Crippen molar-refractivity contribution >= 4 is 49.2 Å². The molecule has 0 spiro atoms. The summed E-state index contributed by atoms with van der Waals surface area (Å²) < 4.78 is 6.73. The summed E-state index contributed by atoms with van der Waals surface area (Å²) in [5.41, 5.74) is 5.63. The van der Waals surface area contributed by atoms with Crippen molar-refractivity contribution in [1.29, 1.82) is 0 Å². The average molecular weight is 455 g/mol. The van der Waals surface area contributed by atoms with E-state index < -0.39 is 0 Å². The monoisotopic (exact) mass is 454 g/mol. The zero-order chi connectivity index (χ0) is 20.2. The Bertz CT molecular complexity index is 1510. The maximum absolute atomic E-state index is 13.2. The van der Waals surface area contributed by atoms with Crippen LogP contribution in [0.15, 0.2) is 92.7 Å². The van der Waals surface area contributed by atoms with Crippen molar-refractivity contribution in [3.63, 3.8) is 0 Å². The molecular formula is C25H15BrN2O2.